The third-order valence-corrected chi connectivity index (χ3v) is 7.57. The molecule has 36 heavy (non-hydrogen) atoms. The summed E-state index contributed by atoms with van der Waals surface area (Å²) in [5, 5.41) is 30.1. The van der Waals surface area contributed by atoms with Gasteiger partial charge < -0.3 is 15.3 Å². The van der Waals surface area contributed by atoms with E-state index in [0.29, 0.717) is 5.92 Å². The Morgan fingerprint density at radius 2 is 1.03 bits per heavy atom. The minimum atomic E-state index is -0.484. The fourth-order valence-electron chi connectivity index (χ4n) is 6.12. The van der Waals surface area contributed by atoms with Crippen LogP contribution in [-0.2, 0) is 11.8 Å². The van der Waals surface area contributed by atoms with Gasteiger partial charge in [-0.15, -0.1) is 0 Å². The second kappa shape index (κ2) is 9.73. The first-order chi connectivity index (χ1) is 17.0. The van der Waals surface area contributed by atoms with Crippen LogP contribution in [0.3, 0.4) is 0 Å². The van der Waals surface area contributed by atoms with Gasteiger partial charge in [0.25, 0.3) is 0 Å². The molecule has 186 valence electrons. The standard InChI is InChI=1S/C33H36O3/c1-20(15-25-7-13-28(34)14-8-25)26-9-11-27(12-10-26)33(6,31-21(2)16-29(35)17-22(31)3)32-23(4)18-30(36)19-24(32)5/h7-14,16-20,34-36H,15H2,1-6H3. The summed E-state index contributed by atoms with van der Waals surface area (Å²) in [6.07, 6.45) is 0.892. The second-order valence-corrected chi connectivity index (χ2v) is 10.4. The van der Waals surface area contributed by atoms with E-state index in [1.807, 2.05) is 36.4 Å². The molecule has 0 bridgehead atoms. The van der Waals surface area contributed by atoms with Crippen LogP contribution in [0.2, 0.25) is 0 Å². The number of phenols is 3. The molecule has 0 amide bonds. The van der Waals surface area contributed by atoms with Gasteiger partial charge in [-0.1, -0.05) is 43.3 Å². The first-order valence-electron chi connectivity index (χ1n) is 12.5. The molecule has 3 N–H and O–H groups in total. The first-order valence-corrected chi connectivity index (χ1v) is 12.5. The Kier molecular flexibility index (Phi) is 6.86. The monoisotopic (exact) mass is 480 g/mol. The Bertz CT molecular complexity index is 1280. The lowest BCUT2D eigenvalue weighted by Gasteiger charge is -2.37. The zero-order chi connectivity index (χ0) is 26.2. The highest BCUT2D eigenvalue weighted by Crippen LogP contribution is 2.46. The van der Waals surface area contributed by atoms with Crippen molar-refractivity contribution in [2.24, 2.45) is 0 Å². The molecule has 0 aliphatic rings. The molecule has 0 aliphatic carbocycles. The molecule has 1 unspecified atom stereocenters. The molecule has 4 rings (SSSR count). The summed E-state index contributed by atoms with van der Waals surface area (Å²) in [6.45, 7) is 12.7. The fraction of sp³-hybridized carbons (Fsp3) is 0.273. The summed E-state index contributed by atoms with van der Waals surface area (Å²) in [5.74, 6) is 1.15. The maximum absolute atomic E-state index is 10.3. The predicted molar refractivity (Wildman–Crippen MR) is 147 cm³/mol. The maximum Gasteiger partial charge on any atom is 0.116 e. The number of phenolic OH excluding ortho intramolecular Hbond substituents is 3. The average molecular weight is 481 g/mol. The van der Waals surface area contributed by atoms with Gasteiger partial charge in [0.05, 0.1) is 0 Å². The second-order valence-electron chi connectivity index (χ2n) is 10.4. The molecule has 4 aromatic carbocycles. The van der Waals surface area contributed by atoms with E-state index in [0.717, 1.165) is 34.2 Å². The summed E-state index contributed by atoms with van der Waals surface area (Å²) < 4.78 is 0. The molecule has 0 fully saturated rings. The van der Waals surface area contributed by atoms with E-state index in [1.165, 1.54) is 22.3 Å². The van der Waals surface area contributed by atoms with E-state index < -0.39 is 5.41 Å². The Balaban J connectivity index is 1.83. The van der Waals surface area contributed by atoms with Gasteiger partial charge in [0.2, 0.25) is 0 Å². The first kappa shape index (κ1) is 25.4. The number of rotatable bonds is 6. The van der Waals surface area contributed by atoms with Crippen LogP contribution in [0.4, 0.5) is 0 Å². The van der Waals surface area contributed by atoms with Gasteiger partial charge in [-0.3, -0.25) is 0 Å². The molecule has 0 heterocycles. The van der Waals surface area contributed by atoms with E-state index in [-0.39, 0.29) is 17.2 Å². The highest BCUT2D eigenvalue weighted by Gasteiger charge is 2.36. The number of benzene rings is 4. The van der Waals surface area contributed by atoms with Crippen molar-refractivity contribution in [2.45, 2.75) is 59.3 Å². The smallest absolute Gasteiger partial charge is 0.116 e. The van der Waals surface area contributed by atoms with E-state index in [2.05, 4.69) is 65.8 Å². The largest absolute Gasteiger partial charge is 0.508 e. The highest BCUT2D eigenvalue weighted by molar-refractivity contribution is 5.61. The van der Waals surface area contributed by atoms with Crippen molar-refractivity contribution in [1.29, 1.82) is 0 Å². The van der Waals surface area contributed by atoms with Gasteiger partial charge in [-0.2, -0.15) is 0 Å². The Labute approximate surface area is 214 Å². The fourth-order valence-corrected chi connectivity index (χ4v) is 6.12. The molecular weight excluding hydrogens is 444 g/mol. The van der Waals surface area contributed by atoms with Crippen molar-refractivity contribution >= 4 is 0 Å². The minimum absolute atomic E-state index is 0.272. The average Bonchev–Trinajstić information content (AvgIpc) is 2.79. The van der Waals surface area contributed by atoms with Crippen molar-refractivity contribution in [3.63, 3.8) is 0 Å². The predicted octanol–water partition coefficient (Wildman–Crippen LogP) is 7.74. The molecule has 0 radical (unpaired) electrons. The summed E-state index contributed by atoms with van der Waals surface area (Å²) in [7, 11) is 0. The van der Waals surface area contributed by atoms with Crippen molar-refractivity contribution in [3.8, 4) is 17.2 Å². The summed E-state index contributed by atoms with van der Waals surface area (Å²) in [4.78, 5) is 0. The van der Waals surface area contributed by atoms with Gasteiger partial charge in [0.1, 0.15) is 17.2 Å². The van der Waals surface area contributed by atoms with Crippen LogP contribution in [0, 0.1) is 27.7 Å². The molecule has 3 nitrogen and oxygen atoms in total. The molecule has 0 saturated heterocycles. The molecule has 3 heteroatoms. The van der Waals surface area contributed by atoms with Gasteiger partial charge in [-0.25, -0.2) is 0 Å². The number of aryl methyl sites for hydroxylation is 4. The third-order valence-electron chi connectivity index (χ3n) is 7.57. The Morgan fingerprint density at radius 3 is 1.44 bits per heavy atom. The number of hydrogen-bond donors (Lipinski definition) is 3. The van der Waals surface area contributed by atoms with Gasteiger partial charge in [0.15, 0.2) is 0 Å². The van der Waals surface area contributed by atoms with E-state index in [9.17, 15) is 15.3 Å². The molecule has 0 spiro atoms. The van der Waals surface area contributed by atoms with Crippen molar-refractivity contribution in [2.75, 3.05) is 0 Å². The molecule has 1 atom stereocenters. The van der Waals surface area contributed by atoms with Crippen LogP contribution in [0.15, 0.2) is 72.8 Å². The quantitative estimate of drug-likeness (QED) is 0.247. The Morgan fingerprint density at radius 1 is 0.611 bits per heavy atom. The van der Waals surface area contributed by atoms with Crippen molar-refractivity contribution in [3.05, 3.63) is 123 Å². The lowest BCUT2D eigenvalue weighted by molar-refractivity contribution is 0.472. The summed E-state index contributed by atoms with van der Waals surface area (Å²) >= 11 is 0. The topological polar surface area (TPSA) is 60.7 Å². The van der Waals surface area contributed by atoms with E-state index in [1.54, 1.807) is 12.1 Å². The van der Waals surface area contributed by atoms with E-state index >= 15 is 0 Å². The van der Waals surface area contributed by atoms with Crippen LogP contribution in [0.1, 0.15) is 69.8 Å². The zero-order valence-corrected chi connectivity index (χ0v) is 22.1. The molecule has 0 aliphatic heterocycles. The maximum atomic E-state index is 10.3. The van der Waals surface area contributed by atoms with Crippen molar-refractivity contribution < 1.29 is 15.3 Å². The van der Waals surface area contributed by atoms with Crippen molar-refractivity contribution in [1.82, 2.24) is 0 Å². The lowest BCUT2D eigenvalue weighted by atomic mass is 9.65. The molecule has 0 saturated carbocycles. The Hall–Kier alpha value is -3.72. The van der Waals surface area contributed by atoms with Gasteiger partial charge >= 0.3 is 0 Å². The molecule has 0 aromatic heterocycles. The highest BCUT2D eigenvalue weighted by atomic mass is 16.3. The molecular formula is C33H36O3. The van der Waals surface area contributed by atoms with E-state index in [4.69, 9.17) is 0 Å². The van der Waals surface area contributed by atoms with Crippen LogP contribution in [-0.4, -0.2) is 15.3 Å². The zero-order valence-electron chi connectivity index (χ0n) is 22.1. The van der Waals surface area contributed by atoms with Crippen LogP contribution in [0.25, 0.3) is 0 Å². The summed E-state index contributed by atoms with van der Waals surface area (Å²) in [6, 6.07) is 23.6. The van der Waals surface area contributed by atoms with Gasteiger partial charge in [-0.05, 0) is 133 Å². The minimum Gasteiger partial charge on any atom is -0.508 e. The van der Waals surface area contributed by atoms with Gasteiger partial charge in [0, 0.05) is 5.41 Å². The number of aromatic hydroxyl groups is 3. The summed E-state index contributed by atoms with van der Waals surface area (Å²) in [5.41, 5.74) is 9.60. The normalized spacial score (nSPS) is 12.5. The SMILES string of the molecule is Cc1cc(O)cc(C)c1C(C)(c1ccc(C(C)Cc2ccc(O)cc2)cc1)c1c(C)cc(O)cc1C. The molecule has 4 aromatic rings. The van der Waals surface area contributed by atoms with Crippen LogP contribution >= 0.6 is 0 Å². The third kappa shape index (κ3) is 4.70. The lowest BCUT2D eigenvalue weighted by Crippen LogP contribution is -2.29. The number of hydrogen-bond acceptors (Lipinski definition) is 3. The van der Waals surface area contributed by atoms with Crippen LogP contribution in [0.5, 0.6) is 17.2 Å². The van der Waals surface area contributed by atoms with Crippen LogP contribution < -0.4 is 0 Å².